The van der Waals surface area contributed by atoms with Gasteiger partial charge in [-0.3, -0.25) is 4.79 Å². The van der Waals surface area contributed by atoms with Gasteiger partial charge in [-0.2, -0.15) is 0 Å². The molecule has 15 heavy (non-hydrogen) atoms. The van der Waals surface area contributed by atoms with Gasteiger partial charge in [-0.05, 0) is 26.0 Å². The molecule has 0 bridgehead atoms. The quantitative estimate of drug-likeness (QED) is 0.723. The Morgan fingerprint density at radius 3 is 2.40 bits per heavy atom. The summed E-state index contributed by atoms with van der Waals surface area (Å²) in [5.41, 5.74) is -2.04. The van der Waals surface area contributed by atoms with Crippen LogP contribution in [0.1, 0.15) is 24.2 Å². The van der Waals surface area contributed by atoms with Crippen molar-refractivity contribution in [2.75, 3.05) is 7.11 Å². The molecule has 0 aromatic heterocycles. The number of hydrogen-bond donors (Lipinski definition) is 0. The Balaban J connectivity index is 3.15. The lowest BCUT2D eigenvalue weighted by atomic mass is 9.98. The number of carbonyl (C=O) groups excluding carboxylic acids is 1. The minimum Gasteiger partial charge on any atom is -0.497 e. The van der Waals surface area contributed by atoms with Gasteiger partial charge in [-0.1, -0.05) is 0 Å². The maximum absolute atomic E-state index is 13.3. The molecule has 4 heteroatoms. The largest absolute Gasteiger partial charge is 0.497 e. The third-order valence-electron chi connectivity index (χ3n) is 1.91. The molecule has 0 unspecified atom stereocenters. The van der Waals surface area contributed by atoms with Crippen molar-refractivity contribution in [3.05, 3.63) is 29.6 Å². The van der Waals surface area contributed by atoms with Gasteiger partial charge in [0.05, 0.1) is 7.11 Å². The first kappa shape index (κ1) is 11.6. The third kappa shape index (κ3) is 2.75. The van der Waals surface area contributed by atoms with E-state index in [4.69, 9.17) is 4.74 Å². The lowest BCUT2D eigenvalue weighted by Gasteiger charge is -2.13. The minimum absolute atomic E-state index is 0.0284. The van der Waals surface area contributed by atoms with Crippen LogP contribution in [-0.4, -0.2) is 18.6 Å². The zero-order valence-corrected chi connectivity index (χ0v) is 8.80. The molecule has 0 aliphatic carbocycles. The van der Waals surface area contributed by atoms with Crippen LogP contribution in [0.4, 0.5) is 8.78 Å². The average Bonchev–Trinajstić information content (AvgIpc) is 2.14. The SMILES string of the molecule is COc1cc(F)cc(C(=O)C(C)(C)F)c1. The minimum atomic E-state index is -2.02. The highest BCUT2D eigenvalue weighted by atomic mass is 19.1. The molecule has 0 spiro atoms. The van der Waals surface area contributed by atoms with Gasteiger partial charge in [0.1, 0.15) is 11.6 Å². The van der Waals surface area contributed by atoms with E-state index < -0.39 is 17.3 Å². The molecule has 0 saturated carbocycles. The molecule has 1 aromatic carbocycles. The fourth-order valence-electron chi connectivity index (χ4n) is 1.15. The maximum atomic E-state index is 13.3. The Hall–Kier alpha value is -1.45. The van der Waals surface area contributed by atoms with E-state index in [2.05, 4.69) is 0 Å². The van der Waals surface area contributed by atoms with Gasteiger partial charge < -0.3 is 4.74 Å². The van der Waals surface area contributed by atoms with Gasteiger partial charge in [-0.15, -0.1) is 0 Å². The number of ketones is 1. The molecule has 82 valence electrons. The van der Waals surface area contributed by atoms with Gasteiger partial charge in [0.25, 0.3) is 0 Å². The highest BCUT2D eigenvalue weighted by Crippen LogP contribution is 2.22. The van der Waals surface area contributed by atoms with Crippen molar-refractivity contribution >= 4 is 5.78 Å². The highest BCUT2D eigenvalue weighted by Gasteiger charge is 2.28. The van der Waals surface area contributed by atoms with E-state index in [0.717, 1.165) is 26.0 Å². The molecule has 0 aliphatic heterocycles. The average molecular weight is 214 g/mol. The van der Waals surface area contributed by atoms with Crippen LogP contribution < -0.4 is 4.74 Å². The second-order valence-corrected chi connectivity index (χ2v) is 3.68. The molecule has 0 N–H and O–H groups in total. The van der Waals surface area contributed by atoms with E-state index in [1.54, 1.807) is 0 Å². The monoisotopic (exact) mass is 214 g/mol. The number of benzene rings is 1. The first-order valence-electron chi connectivity index (χ1n) is 4.43. The number of methoxy groups -OCH3 is 1. The van der Waals surface area contributed by atoms with Crippen molar-refractivity contribution in [3.63, 3.8) is 0 Å². The molecule has 0 atom stereocenters. The van der Waals surface area contributed by atoms with Crippen molar-refractivity contribution in [2.24, 2.45) is 0 Å². The predicted molar refractivity (Wildman–Crippen MR) is 52.5 cm³/mol. The van der Waals surface area contributed by atoms with Crippen LogP contribution in [0.15, 0.2) is 18.2 Å². The molecule has 0 fully saturated rings. The zero-order chi connectivity index (χ0) is 11.6. The van der Waals surface area contributed by atoms with Crippen molar-refractivity contribution in [3.8, 4) is 5.75 Å². The summed E-state index contributed by atoms with van der Waals surface area (Å²) in [4.78, 5) is 11.5. The molecule has 1 rings (SSSR count). The summed E-state index contributed by atoms with van der Waals surface area (Å²) in [6.07, 6.45) is 0. The second kappa shape index (κ2) is 3.96. The Labute approximate surface area is 86.9 Å². The summed E-state index contributed by atoms with van der Waals surface area (Å²) in [5, 5.41) is 0. The molecule has 1 aromatic rings. The van der Waals surface area contributed by atoms with E-state index in [1.165, 1.54) is 13.2 Å². The van der Waals surface area contributed by atoms with Gasteiger partial charge in [0.15, 0.2) is 11.5 Å². The van der Waals surface area contributed by atoms with E-state index in [0.29, 0.717) is 0 Å². The molecule has 0 radical (unpaired) electrons. The maximum Gasteiger partial charge on any atom is 0.199 e. The van der Waals surface area contributed by atoms with E-state index >= 15 is 0 Å². The van der Waals surface area contributed by atoms with Gasteiger partial charge in [-0.25, -0.2) is 8.78 Å². The lowest BCUT2D eigenvalue weighted by Crippen LogP contribution is -2.26. The van der Waals surface area contributed by atoms with E-state index in [-0.39, 0.29) is 11.3 Å². The fourth-order valence-corrected chi connectivity index (χ4v) is 1.15. The summed E-state index contributed by atoms with van der Waals surface area (Å²) >= 11 is 0. The molecule has 2 nitrogen and oxygen atoms in total. The van der Waals surface area contributed by atoms with Gasteiger partial charge in [0.2, 0.25) is 0 Å². The molecule has 0 saturated heterocycles. The highest BCUT2D eigenvalue weighted by molar-refractivity contribution is 6.02. The topological polar surface area (TPSA) is 26.3 Å². The second-order valence-electron chi connectivity index (χ2n) is 3.68. The Morgan fingerprint density at radius 1 is 1.33 bits per heavy atom. The van der Waals surface area contributed by atoms with Crippen molar-refractivity contribution < 1.29 is 18.3 Å². The normalized spacial score (nSPS) is 11.3. The smallest absolute Gasteiger partial charge is 0.199 e. The number of Topliss-reactive ketones (excluding diaryl/α,β-unsaturated/α-hetero) is 1. The first-order valence-corrected chi connectivity index (χ1v) is 4.43. The molecule has 0 amide bonds. The summed E-state index contributed by atoms with van der Waals surface area (Å²) in [6.45, 7) is 2.26. The van der Waals surface area contributed by atoms with E-state index in [1.807, 2.05) is 0 Å². The summed E-state index contributed by atoms with van der Waals surface area (Å²) in [5.74, 6) is -1.19. The number of alkyl halides is 1. The van der Waals surface area contributed by atoms with Crippen LogP contribution in [0.25, 0.3) is 0 Å². The van der Waals surface area contributed by atoms with Crippen LogP contribution in [0.2, 0.25) is 0 Å². The first-order chi connectivity index (χ1) is 6.84. The lowest BCUT2D eigenvalue weighted by molar-refractivity contribution is 0.0759. The van der Waals surface area contributed by atoms with Crippen LogP contribution in [-0.2, 0) is 0 Å². The number of hydrogen-bond acceptors (Lipinski definition) is 2. The molecular formula is C11H12F2O2. The van der Waals surface area contributed by atoms with Crippen LogP contribution in [0.5, 0.6) is 5.75 Å². The van der Waals surface area contributed by atoms with Gasteiger partial charge in [0, 0.05) is 11.6 Å². The predicted octanol–water partition coefficient (Wildman–Crippen LogP) is 2.77. The number of rotatable bonds is 3. The Morgan fingerprint density at radius 2 is 1.93 bits per heavy atom. The standard InChI is InChI=1S/C11H12F2O2/c1-11(2,13)10(14)7-4-8(12)6-9(5-7)15-3/h4-6H,1-3H3. The summed E-state index contributed by atoms with van der Waals surface area (Å²) in [7, 11) is 1.35. The van der Waals surface area contributed by atoms with Crippen molar-refractivity contribution in [1.29, 1.82) is 0 Å². The summed E-state index contributed by atoms with van der Waals surface area (Å²) < 4.78 is 31.1. The van der Waals surface area contributed by atoms with Crippen LogP contribution in [0, 0.1) is 5.82 Å². The number of carbonyl (C=O) groups is 1. The van der Waals surface area contributed by atoms with Gasteiger partial charge >= 0.3 is 0 Å². The third-order valence-corrected chi connectivity index (χ3v) is 1.91. The Kier molecular flexibility index (Phi) is 3.07. The van der Waals surface area contributed by atoms with Crippen LogP contribution >= 0.6 is 0 Å². The molecular weight excluding hydrogens is 202 g/mol. The summed E-state index contributed by atoms with van der Waals surface area (Å²) in [6, 6.07) is 3.43. The van der Waals surface area contributed by atoms with E-state index in [9.17, 15) is 13.6 Å². The molecule has 0 heterocycles. The molecule has 0 aliphatic rings. The fraction of sp³-hybridized carbons (Fsp3) is 0.364. The van der Waals surface area contributed by atoms with Crippen LogP contribution in [0.3, 0.4) is 0 Å². The Bertz CT molecular complexity index is 381. The number of ether oxygens (including phenoxy) is 1. The zero-order valence-electron chi connectivity index (χ0n) is 8.80. The van der Waals surface area contributed by atoms with Crippen molar-refractivity contribution in [2.45, 2.75) is 19.5 Å². The van der Waals surface area contributed by atoms with Crippen molar-refractivity contribution in [1.82, 2.24) is 0 Å². The number of halogens is 2.